The fraction of sp³-hybridized carbons (Fsp3) is 0.480. The monoisotopic (exact) mass is 598 g/mol. The number of alkyl halides is 3. The molecule has 2 amide bonds. The van der Waals surface area contributed by atoms with E-state index in [0.717, 1.165) is 25.0 Å². The van der Waals surface area contributed by atoms with Crippen LogP contribution >= 0.6 is 12.2 Å². The lowest BCUT2D eigenvalue weighted by atomic mass is 9.77. The van der Waals surface area contributed by atoms with E-state index in [4.69, 9.17) is 12.2 Å². The van der Waals surface area contributed by atoms with Crippen molar-refractivity contribution < 1.29 is 32.3 Å². The van der Waals surface area contributed by atoms with Gasteiger partial charge in [0.1, 0.15) is 6.33 Å². The first-order valence-corrected chi connectivity index (χ1v) is 13.3. The molecule has 2 heterocycles. The number of benzene rings is 1. The molecule has 0 spiro atoms. The molecule has 1 saturated carbocycles. The van der Waals surface area contributed by atoms with Crippen LogP contribution in [0, 0.1) is 11.2 Å². The van der Waals surface area contributed by atoms with Crippen LogP contribution in [0.3, 0.4) is 0 Å². The number of nitrogens with one attached hydrogen (secondary N) is 4. The summed E-state index contributed by atoms with van der Waals surface area (Å²) in [7, 11) is 1.57. The molecule has 1 aliphatic carbocycles. The maximum Gasteiger partial charge on any atom is 0.416 e. The Morgan fingerprint density at radius 1 is 1.15 bits per heavy atom. The van der Waals surface area contributed by atoms with Gasteiger partial charge in [-0.3, -0.25) is 15.6 Å². The average molecular weight is 599 g/mol. The number of aromatic nitrogens is 2. The molecule has 2 fully saturated rings. The zero-order valence-corrected chi connectivity index (χ0v) is 22.9. The Morgan fingerprint density at radius 2 is 1.80 bits per heavy atom. The molecule has 2 aromatic rings. The van der Waals surface area contributed by atoms with Gasteiger partial charge >= 0.3 is 12.3 Å². The summed E-state index contributed by atoms with van der Waals surface area (Å²) >= 11 is 5.00. The number of nitrogens with zero attached hydrogens (tertiary/aromatic N) is 4. The Morgan fingerprint density at radius 3 is 2.37 bits per heavy atom. The molecule has 0 bridgehead atoms. The van der Waals surface area contributed by atoms with Crippen LogP contribution in [0.15, 0.2) is 30.6 Å². The number of likely N-dealkylation sites (tertiary alicyclic amines) is 1. The van der Waals surface area contributed by atoms with E-state index in [2.05, 4.69) is 31.5 Å². The number of thiocarbonyl (C=S) groups is 1. The quantitative estimate of drug-likeness (QED) is 0.175. The highest BCUT2D eigenvalue weighted by Gasteiger charge is 2.43. The number of carboxylic acid groups (broad SMARTS) is 1. The van der Waals surface area contributed by atoms with E-state index in [-0.39, 0.29) is 61.8 Å². The predicted octanol–water partition coefficient (Wildman–Crippen LogP) is 3.10. The Bertz CT molecular complexity index is 1270. The molecule has 1 saturated heterocycles. The second-order valence-corrected chi connectivity index (χ2v) is 10.4. The first kappa shape index (κ1) is 30.0. The van der Waals surface area contributed by atoms with E-state index in [0.29, 0.717) is 5.56 Å². The molecule has 2 aliphatic rings. The van der Waals surface area contributed by atoms with Crippen molar-refractivity contribution in [1.29, 1.82) is 0 Å². The molecule has 11 nitrogen and oxygen atoms in total. The van der Waals surface area contributed by atoms with E-state index in [1.54, 1.807) is 11.9 Å². The zero-order valence-electron chi connectivity index (χ0n) is 22.1. The minimum atomic E-state index is -4.46. The number of hydrogen-bond acceptors (Lipinski definition) is 7. The molecule has 16 heteroatoms. The number of carbonyl (C=O) groups is 2. The van der Waals surface area contributed by atoms with Crippen molar-refractivity contribution in [3.63, 3.8) is 0 Å². The molecule has 1 aromatic carbocycles. The molecular weight excluding hydrogens is 568 g/mol. The third kappa shape index (κ3) is 7.23. The van der Waals surface area contributed by atoms with Gasteiger partial charge in [-0.25, -0.2) is 14.8 Å². The maximum absolute atomic E-state index is 15.8. The van der Waals surface area contributed by atoms with Gasteiger partial charge in [0, 0.05) is 39.3 Å². The van der Waals surface area contributed by atoms with Gasteiger partial charge in [0.2, 0.25) is 11.7 Å². The van der Waals surface area contributed by atoms with E-state index < -0.39 is 35.0 Å². The van der Waals surface area contributed by atoms with Crippen LogP contribution in [0.2, 0.25) is 0 Å². The summed E-state index contributed by atoms with van der Waals surface area (Å²) < 4.78 is 54.7. The molecule has 4 rings (SSSR count). The van der Waals surface area contributed by atoms with Gasteiger partial charge in [0.05, 0.1) is 11.0 Å². The van der Waals surface area contributed by atoms with Crippen LogP contribution in [0.1, 0.15) is 36.8 Å². The minimum absolute atomic E-state index is 0.00914. The topological polar surface area (TPSA) is 135 Å². The Balaban J connectivity index is 1.52. The number of hydrazine groups is 1. The van der Waals surface area contributed by atoms with Gasteiger partial charge in [0.25, 0.3) is 0 Å². The number of halogens is 4. The van der Waals surface area contributed by atoms with E-state index in [9.17, 15) is 27.9 Å². The molecule has 0 unspecified atom stereocenters. The second kappa shape index (κ2) is 12.3. The van der Waals surface area contributed by atoms with E-state index in [1.165, 1.54) is 23.4 Å². The molecule has 1 aliphatic heterocycles. The van der Waals surface area contributed by atoms with Gasteiger partial charge in [0.15, 0.2) is 16.7 Å². The Hall–Kier alpha value is -3.95. The van der Waals surface area contributed by atoms with Crippen LogP contribution in [-0.2, 0) is 17.5 Å². The molecule has 222 valence electrons. The highest BCUT2D eigenvalue weighted by Crippen LogP contribution is 2.37. The molecule has 0 radical (unpaired) electrons. The summed E-state index contributed by atoms with van der Waals surface area (Å²) in [5, 5.41) is 15.1. The van der Waals surface area contributed by atoms with E-state index >= 15 is 4.39 Å². The standard InChI is InChI=1S/C25H30F4N8O3S/c1-30-22(41)35-34-21(38)24(8-10-36(11-9-24)23(39)40)13-31-19-18(26)20(33-14-32-19)37(17-6-7-17)12-15-2-4-16(5-3-15)25(27,28)29/h2-5,14,17H,6-13H2,1H3,(H,34,38)(H,39,40)(H2,30,35,41)(H,31,32,33). The van der Waals surface area contributed by atoms with Gasteiger partial charge in [-0.05, 0) is 55.6 Å². The van der Waals surface area contributed by atoms with Crippen LogP contribution in [0.4, 0.5) is 34.0 Å². The van der Waals surface area contributed by atoms with Crippen LogP contribution in [0.25, 0.3) is 0 Å². The van der Waals surface area contributed by atoms with Crippen molar-refractivity contribution >= 4 is 41.0 Å². The Kier molecular flexibility index (Phi) is 8.99. The van der Waals surface area contributed by atoms with Gasteiger partial charge in [-0.1, -0.05) is 12.1 Å². The van der Waals surface area contributed by atoms with Crippen molar-refractivity contribution in [3.05, 3.63) is 47.5 Å². The highest BCUT2D eigenvalue weighted by atomic mass is 32.1. The lowest BCUT2D eigenvalue weighted by Gasteiger charge is -2.39. The number of hydrogen-bond donors (Lipinski definition) is 5. The van der Waals surface area contributed by atoms with Crippen molar-refractivity contribution in [2.75, 3.05) is 36.9 Å². The summed E-state index contributed by atoms with van der Waals surface area (Å²) in [4.78, 5) is 35.7. The zero-order chi connectivity index (χ0) is 29.8. The summed E-state index contributed by atoms with van der Waals surface area (Å²) in [5.74, 6) is -1.38. The van der Waals surface area contributed by atoms with Crippen molar-refractivity contribution in [1.82, 2.24) is 31.0 Å². The lowest BCUT2D eigenvalue weighted by molar-refractivity contribution is -0.137. The lowest BCUT2D eigenvalue weighted by Crippen LogP contribution is -2.57. The van der Waals surface area contributed by atoms with Gasteiger partial charge in [-0.2, -0.15) is 17.6 Å². The third-order valence-corrected chi connectivity index (χ3v) is 7.55. The molecular formula is C25H30F4N8O3S. The minimum Gasteiger partial charge on any atom is -0.465 e. The van der Waals surface area contributed by atoms with Gasteiger partial charge < -0.3 is 25.5 Å². The van der Waals surface area contributed by atoms with Crippen LogP contribution in [0.5, 0.6) is 0 Å². The molecule has 0 atom stereocenters. The second-order valence-electron chi connectivity index (χ2n) is 9.98. The molecule has 1 aromatic heterocycles. The summed E-state index contributed by atoms with van der Waals surface area (Å²) in [6.07, 6.45) is -2.50. The smallest absolute Gasteiger partial charge is 0.416 e. The number of carbonyl (C=O) groups excluding carboxylic acids is 1. The molecule has 41 heavy (non-hydrogen) atoms. The van der Waals surface area contributed by atoms with Gasteiger partial charge in [-0.15, -0.1) is 0 Å². The highest BCUT2D eigenvalue weighted by molar-refractivity contribution is 7.80. The number of amides is 2. The maximum atomic E-state index is 15.8. The normalized spacial score (nSPS) is 16.5. The molecule has 5 N–H and O–H groups in total. The average Bonchev–Trinajstić information content (AvgIpc) is 3.79. The number of anilines is 2. The van der Waals surface area contributed by atoms with Crippen molar-refractivity contribution in [2.45, 2.75) is 44.4 Å². The third-order valence-electron chi connectivity index (χ3n) is 7.25. The van der Waals surface area contributed by atoms with Crippen molar-refractivity contribution in [2.24, 2.45) is 5.41 Å². The van der Waals surface area contributed by atoms with E-state index in [1.807, 2.05) is 0 Å². The largest absolute Gasteiger partial charge is 0.465 e. The predicted molar refractivity (Wildman–Crippen MR) is 145 cm³/mol. The summed E-state index contributed by atoms with van der Waals surface area (Å²) in [6, 6.07) is 4.66. The first-order valence-electron chi connectivity index (χ1n) is 12.9. The number of piperidine rings is 1. The first-order chi connectivity index (χ1) is 19.4. The SMILES string of the molecule is CNC(=S)NNC(=O)C1(CNc2ncnc(N(Cc3ccc(C(F)(F)F)cc3)C3CC3)c2F)CCN(C(=O)O)CC1. The Labute approximate surface area is 238 Å². The van der Waals surface area contributed by atoms with Crippen molar-refractivity contribution in [3.8, 4) is 0 Å². The fourth-order valence-electron chi connectivity index (χ4n) is 4.61. The summed E-state index contributed by atoms with van der Waals surface area (Å²) in [5.41, 5.74) is 3.77. The number of rotatable bonds is 8. The fourth-order valence-corrected chi connectivity index (χ4v) is 4.67. The van der Waals surface area contributed by atoms with Crippen LogP contribution in [-0.4, -0.2) is 69.8 Å². The summed E-state index contributed by atoms with van der Waals surface area (Å²) in [6.45, 7) is 0.280. The van der Waals surface area contributed by atoms with Crippen LogP contribution < -0.4 is 26.4 Å².